The van der Waals surface area contributed by atoms with Gasteiger partial charge >= 0.3 is 0 Å². The lowest BCUT2D eigenvalue weighted by molar-refractivity contribution is 0.481. The maximum Gasteiger partial charge on any atom is 0.264 e. The van der Waals surface area contributed by atoms with Crippen LogP contribution in [0.15, 0.2) is 34.4 Å². The SMILES string of the molecule is Cn1c(=O)c(-c2csc(NN)n2)c(O)c2ccccc21. The minimum atomic E-state index is -0.296. The fraction of sp³-hybridized carbons (Fsp3) is 0.0769. The van der Waals surface area contributed by atoms with Crippen molar-refractivity contribution in [2.75, 3.05) is 5.43 Å². The summed E-state index contributed by atoms with van der Waals surface area (Å²) in [6.07, 6.45) is 0. The second-order valence-corrected chi connectivity index (χ2v) is 5.15. The summed E-state index contributed by atoms with van der Waals surface area (Å²) >= 11 is 1.27. The summed E-state index contributed by atoms with van der Waals surface area (Å²) in [6.45, 7) is 0. The van der Waals surface area contributed by atoms with Crippen molar-refractivity contribution in [1.29, 1.82) is 0 Å². The topological polar surface area (TPSA) is 93.2 Å². The van der Waals surface area contributed by atoms with Crippen LogP contribution in [0, 0.1) is 0 Å². The van der Waals surface area contributed by atoms with Crippen LogP contribution in [0.4, 0.5) is 5.13 Å². The molecule has 0 aliphatic rings. The highest BCUT2D eigenvalue weighted by molar-refractivity contribution is 7.14. The molecule has 0 saturated heterocycles. The molecule has 0 unspecified atom stereocenters. The van der Waals surface area contributed by atoms with Gasteiger partial charge < -0.3 is 9.67 Å². The number of benzene rings is 1. The van der Waals surface area contributed by atoms with Gasteiger partial charge in [-0.05, 0) is 12.1 Å². The Bertz CT molecular complexity index is 853. The van der Waals surface area contributed by atoms with Crippen LogP contribution in [-0.4, -0.2) is 14.7 Å². The molecule has 0 aliphatic carbocycles. The molecule has 20 heavy (non-hydrogen) atoms. The summed E-state index contributed by atoms with van der Waals surface area (Å²) < 4.78 is 1.50. The predicted molar refractivity (Wildman–Crippen MR) is 79.8 cm³/mol. The highest BCUT2D eigenvalue weighted by Gasteiger charge is 2.18. The summed E-state index contributed by atoms with van der Waals surface area (Å²) in [5.41, 5.74) is 3.39. The average molecular weight is 288 g/mol. The van der Waals surface area contributed by atoms with Crippen molar-refractivity contribution in [3.05, 3.63) is 40.0 Å². The monoisotopic (exact) mass is 288 g/mol. The molecule has 4 N–H and O–H groups in total. The zero-order valence-corrected chi connectivity index (χ0v) is 11.4. The number of thiazole rings is 1. The van der Waals surface area contributed by atoms with Gasteiger partial charge in [-0.15, -0.1) is 11.3 Å². The minimum Gasteiger partial charge on any atom is -0.506 e. The van der Waals surface area contributed by atoms with Crippen molar-refractivity contribution in [1.82, 2.24) is 9.55 Å². The predicted octanol–water partition coefficient (Wildman–Crippen LogP) is 1.65. The zero-order chi connectivity index (χ0) is 14.3. The van der Waals surface area contributed by atoms with Gasteiger partial charge in [-0.25, -0.2) is 10.8 Å². The van der Waals surface area contributed by atoms with E-state index in [0.717, 1.165) is 0 Å². The number of aryl methyl sites for hydroxylation is 1. The first-order chi connectivity index (χ1) is 9.63. The van der Waals surface area contributed by atoms with Crippen LogP contribution in [0.1, 0.15) is 0 Å². The first kappa shape index (κ1) is 12.6. The van der Waals surface area contributed by atoms with E-state index >= 15 is 0 Å². The van der Waals surface area contributed by atoms with Crippen molar-refractivity contribution in [2.24, 2.45) is 12.9 Å². The number of aromatic hydroxyl groups is 1. The smallest absolute Gasteiger partial charge is 0.264 e. The zero-order valence-electron chi connectivity index (χ0n) is 10.6. The quantitative estimate of drug-likeness (QED) is 0.492. The number of anilines is 1. The fourth-order valence-electron chi connectivity index (χ4n) is 2.17. The van der Waals surface area contributed by atoms with Crippen LogP contribution >= 0.6 is 11.3 Å². The highest BCUT2D eigenvalue weighted by atomic mass is 32.1. The van der Waals surface area contributed by atoms with Crippen LogP contribution in [0.3, 0.4) is 0 Å². The molecule has 6 nitrogen and oxygen atoms in total. The number of hydrazine groups is 1. The van der Waals surface area contributed by atoms with E-state index in [9.17, 15) is 9.90 Å². The number of hydrogen-bond acceptors (Lipinski definition) is 6. The molecule has 0 fully saturated rings. The van der Waals surface area contributed by atoms with Crippen molar-refractivity contribution in [2.45, 2.75) is 0 Å². The largest absolute Gasteiger partial charge is 0.506 e. The van der Waals surface area contributed by atoms with Gasteiger partial charge in [0.2, 0.25) is 0 Å². The van der Waals surface area contributed by atoms with E-state index in [1.807, 2.05) is 12.1 Å². The van der Waals surface area contributed by atoms with Crippen molar-refractivity contribution in [3.8, 4) is 17.0 Å². The van der Waals surface area contributed by atoms with E-state index in [-0.39, 0.29) is 16.9 Å². The third-order valence-electron chi connectivity index (χ3n) is 3.16. The maximum atomic E-state index is 12.4. The lowest BCUT2D eigenvalue weighted by atomic mass is 10.1. The van der Waals surface area contributed by atoms with E-state index < -0.39 is 0 Å². The summed E-state index contributed by atoms with van der Waals surface area (Å²) in [7, 11) is 1.67. The van der Waals surface area contributed by atoms with Crippen LogP contribution in [0.25, 0.3) is 22.2 Å². The van der Waals surface area contributed by atoms with E-state index in [0.29, 0.717) is 21.7 Å². The van der Waals surface area contributed by atoms with Gasteiger partial charge in [-0.3, -0.25) is 10.2 Å². The van der Waals surface area contributed by atoms with Crippen molar-refractivity contribution >= 4 is 27.4 Å². The molecule has 0 spiro atoms. The summed E-state index contributed by atoms with van der Waals surface area (Å²) in [6, 6.07) is 7.18. The molecule has 0 atom stereocenters. The fourth-order valence-corrected chi connectivity index (χ4v) is 2.78. The second kappa shape index (κ2) is 4.62. The summed E-state index contributed by atoms with van der Waals surface area (Å²) in [5.74, 6) is 5.23. The molecule has 3 rings (SSSR count). The minimum absolute atomic E-state index is 0.0578. The summed E-state index contributed by atoms with van der Waals surface area (Å²) in [4.78, 5) is 16.6. The molecule has 0 saturated carbocycles. The van der Waals surface area contributed by atoms with Gasteiger partial charge in [0.05, 0.1) is 11.2 Å². The molecule has 7 heteroatoms. The molecule has 0 bridgehead atoms. The highest BCUT2D eigenvalue weighted by Crippen LogP contribution is 2.33. The Kier molecular flexibility index (Phi) is 2.92. The number of fused-ring (bicyclic) bond motifs is 1. The first-order valence-corrected chi connectivity index (χ1v) is 6.74. The lowest BCUT2D eigenvalue weighted by Crippen LogP contribution is -2.19. The molecule has 102 valence electrons. The molecular weight excluding hydrogens is 276 g/mol. The number of nitrogens with one attached hydrogen (secondary N) is 1. The number of nitrogens with two attached hydrogens (primary N) is 1. The van der Waals surface area contributed by atoms with E-state index in [2.05, 4.69) is 10.4 Å². The molecule has 2 heterocycles. The van der Waals surface area contributed by atoms with Gasteiger partial charge in [0, 0.05) is 17.8 Å². The molecule has 3 aromatic rings. The number of hydrogen-bond donors (Lipinski definition) is 3. The van der Waals surface area contributed by atoms with Crippen molar-refractivity contribution in [3.63, 3.8) is 0 Å². The normalized spacial score (nSPS) is 10.9. The van der Waals surface area contributed by atoms with E-state index in [1.165, 1.54) is 15.9 Å². The van der Waals surface area contributed by atoms with Crippen LogP contribution < -0.4 is 16.8 Å². The Labute approximate surface area is 118 Å². The Hall–Kier alpha value is -2.38. The van der Waals surface area contributed by atoms with E-state index in [1.54, 1.807) is 24.6 Å². The third-order valence-corrected chi connectivity index (χ3v) is 3.93. The number of pyridine rings is 1. The maximum absolute atomic E-state index is 12.4. The van der Waals surface area contributed by atoms with Gasteiger partial charge in [0.15, 0.2) is 5.13 Å². The molecule has 1 aromatic carbocycles. The van der Waals surface area contributed by atoms with Crippen molar-refractivity contribution < 1.29 is 5.11 Å². The average Bonchev–Trinajstić information content (AvgIpc) is 2.94. The van der Waals surface area contributed by atoms with Gasteiger partial charge in [-0.2, -0.15) is 0 Å². The second-order valence-electron chi connectivity index (χ2n) is 4.29. The molecule has 0 radical (unpaired) electrons. The standard InChI is InChI=1S/C13H12N4O2S/c1-17-9-5-3-2-4-7(9)11(18)10(12(17)19)8-6-20-13(15-8)16-14/h2-6,18H,14H2,1H3,(H,15,16). The molecule has 0 aliphatic heterocycles. The first-order valence-electron chi connectivity index (χ1n) is 5.86. The lowest BCUT2D eigenvalue weighted by Gasteiger charge is -2.10. The number of aromatic nitrogens is 2. The summed E-state index contributed by atoms with van der Waals surface area (Å²) in [5, 5.41) is 13.2. The van der Waals surface area contributed by atoms with Gasteiger partial charge in [0.1, 0.15) is 11.3 Å². The van der Waals surface area contributed by atoms with Crippen LogP contribution in [0.5, 0.6) is 5.75 Å². The van der Waals surface area contributed by atoms with Crippen LogP contribution in [0.2, 0.25) is 0 Å². The Morgan fingerprint density at radius 1 is 1.40 bits per heavy atom. The number of nitrogen functional groups attached to an aromatic ring is 1. The molecule has 2 aromatic heterocycles. The molecule has 0 amide bonds. The Morgan fingerprint density at radius 3 is 2.85 bits per heavy atom. The Balaban J connectivity index is 2.39. The van der Waals surface area contributed by atoms with Crippen LogP contribution in [-0.2, 0) is 7.05 Å². The number of nitrogens with zero attached hydrogens (tertiary/aromatic N) is 2. The molecular formula is C13H12N4O2S. The van der Waals surface area contributed by atoms with E-state index in [4.69, 9.17) is 5.84 Å². The van der Waals surface area contributed by atoms with Gasteiger partial charge in [0.25, 0.3) is 5.56 Å². The number of para-hydroxylation sites is 1. The number of rotatable bonds is 2. The van der Waals surface area contributed by atoms with Gasteiger partial charge in [-0.1, -0.05) is 12.1 Å². The Morgan fingerprint density at radius 2 is 2.15 bits per heavy atom. The third kappa shape index (κ3) is 1.75.